The molecule has 1 saturated carbocycles. The second kappa shape index (κ2) is 5.81. The molecule has 2 rings (SSSR count). The number of hydrogen-bond acceptors (Lipinski definition) is 7. The van der Waals surface area contributed by atoms with Crippen molar-refractivity contribution in [2.45, 2.75) is 38.1 Å². The summed E-state index contributed by atoms with van der Waals surface area (Å²) in [5.41, 5.74) is 2.47. The highest BCUT2D eigenvalue weighted by atomic mass is 15.4. The lowest BCUT2D eigenvalue weighted by molar-refractivity contribution is 0.461. The van der Waals surface area contributed by atoms with E-state index in [4.69, 9.17) is 5.84 Å². The number of nitrogens with zero attached hydrogens (tertiary/aromatic N) is 4. The molecule has 1 aromatic rings. The number of rotatable bonds is 4. The third-order valence-electron chi connectivity index (χ3n) is 3.09. The summed E-state index contributed by atoms with van der Waals surface area (Å²) in [4.78, 5) is 14.6. The molecule has 0 aromatic carbocycles. The van der Waals surface area contributed by atoms with Gasteiger partial charge in [0.1, 0.15) is 0 Å². The summed E-state index contributed by atoms with van der Waals surface area (Å²) in [6, 6.07) is 0.460. The first kappa shape index (κ1) is 12.8. The van der Waals surface area contributed by atoms with E-state index in [-0.39, 0.29) is 0 Å². The zero-order valence-corrected chi connectivity index (χ0v) is 11.0. The molecule has 1 aliphatic carbocycles. The highest BCUT2D eigenvalue weighted by molar-refractivity contribution is 5.42. The number of nitrogens with one attached hydrogen (secondary N) is 2. The van der Waals surface area contributed by atoms with E-state index in [1.807, 2.05) is 19.0 Å². The molecule has 100 valence electrons. The number of anilines is 3. The van der Waals surface area contributed by atoms with Crippen molar-refractivity contribution < 1.29 is 0 Å². The van der Waals surface area contributed by atoms with Crippen LogP contribution in [0, 0.1) is 0 Å². The van der Waals surface area contributed by atoms with Crippen molar-refractivity contribution in [3.63, 3.8) is 0 Å². The van der Waals surface area contributed by atoms with E-state index in [0.717, 1.165) is 0 Å². The topological polar surface area (TPSA) is 92.0 Å². The Morgan fingerprint density at radius 3 is 2.33 bits per heavy atom. The maximum Gasteiger partial charge on any atom is 0.243 e. The summed E-state index contributed by atoms with van der Waals surface area (Å²) in [5, 5.41) is 3.37. The molecular weight excluding hydrogens is 230 g/mol. The van der Waals surface area contributed by atoms with Gasteiger partial charge in [-0.3, -0.25) is 5.43 Å². The maximum absolute atomic E-state index is 5.37. The Hall–Kier alpha value is -1.63. The minimum atomic E-state index is 0.381. The zero-order valence-electron chi connectivity index (χ0n) is 11.0. The lowest BCUT2D eigenvalue weighted by Crippen LogP contribution is -2.25. The number of hydrogen-bond donors (Lipinski definition) is 3. The third-order valence-corrected chi connectivity index (χ3v) is 3.09. The van der Waals surface area contributed by atoms with Crippen LogP contribution < -0.4 is 21.5 Å². The SMILES string of the molecule is CN(C)c1nc(NN)nc(NC2CCCCC2)n1. The Morgan fingerprint density at radius 1 is 1.06 bits per heavy atom. The molecule has 0 atom stereocenters. The minimum Gasteiger partial charge on any atom is -0.351 e. The van der Waals surface area contributed by atoms with E-state index in [0.29, 0.717) is 23.9 Å². The van der Waals surface area contributed by atoms with E-state index in [1.165, 1.54) is 32.1 Å². The van der Waals surface area contributed by atoms with Crippen LogP contribution in [0.4, 0.5) is 17.8 Å². The van der Waals surface area contributed by atoms with Gasteiger partial charge in [0.15, 0.2) is 0 Å². The predicted octanol–water partition coefficient (Wildman–Crippen LogP) is 0.968. The monoisotopic (exact) mass is 251 g/mol. The smallest absolute Gasteiger partial charge is 0.243 e. The van der Waals surface area contributed by atoms with Crippen molar-refractivity contribution in [2.24, 2.45) is 5.84 Å². The number of nitrogens with two attached hydrogens (primary N) is 1. The van der Waals surface area contributed by atoms with Crippen molar-refractivity contribution in [2.75, 3.05) is 29.7 Å². The quantitative estimate of drug-likeness (QED) is 0.542. The van der Waals surface area contributed by atoms with Crippen molar-refractivity contribution in [1.29, 1.82) is 0 Å². The molecule has 7 heteroatoms. The van der Waals surface area contributed by atoms with Gasteiger partial charge in [-0.15, -0.1) is 0 Å². The highest BCUT2D eigenvalue weighted by Gasteiger charge is 2.15. The van der Waals surface area contributed by atoms with Crippen LogP contribution in [0.2, 0.25) is 0 Å². The largest absolute Gasteiger partial charge is 0.351 e. The van der Waals surface area contributed by atoms with Gasteiger partial charge in [-0.25, -0.2) is 5.84 Å². The third kappa shape index (κ3) is 3.19. The molecule has 0 spiro atoms. The predicted molar refractivity (Wildman–Crippen MR) is 72.5 cm³/mol. The van der Waals surface area contributed by atoms with E-state index in [2.05, 4.69) is 25.7 Å². The van der Waals surface area contributed by atoms with Gasteiger partial charge in [-0.2, -0.15) is 15.0 Å². The van der Waals surface area contributed by atoms with Gasteiger partial charge in [0.05, 0.1) is 0 Å². The average molecular weight is 251 g/mol. The summed E-state index contributed by atoms with van der Waals surface area (Å²) in [6.07, 6.45) is 6.22. The Bertz CT molecular complexity index is 387. The first-order valence-electron chi connectivity index (χ1n) is 6.35. The van der Waals surface area contributed by atoms with E-state index in [9.17, 15) is 0 Å². The second-order valence-electron chi connectivity index (χ2n) is 4.80. The first-order valence-corrected chi connectivity index (χ1v) is 6.35. The van der Waals surface area contributed by atoms with E-state index >= 15 is 0 Å². The van der Waals surface area contributed by atoms with Gasteiger partial charge >= 0.3 is 0 Å². The summed E-state index contributed by atoms with van der Waals surface area (Å²) >= 11 is 0. The summed E-state index contributed by atoms with van der Waals surface area (Å²) < 4.78 is 0. The molecule has 0 radical (unpaired) electrons. The highest BCUT2D eigenvalue weighted by Crippen LogP contribution is 2.21. The minimum absolute atomic E-state index is 0.381. The number of nitrogen functional groups attached to an aromatic ring is 1. The molecule has 1 fully saturated rings. The fourth-order valence-electron chi connectivity index (χ4n) is 2.12. The molecular formula is C11H21N7. The van der Waals surface area contributed by atoms with Crippen LogP contribution in [-0.4, -0.2) is 35.1 Å². The molecule has 18 heavy (non-hydrogen) atoms. The standard InChI is InChI=1S/C11H21N7/c1-18(2)11-15-9(14-10(16-11)17-12)13-8-6-4-3-5-7-8/h8H,3-7,12H2,1-2H3,(H2,13,14,15,16,17). The van der Waals surface area contributed by atoms with Crippen LogP contribution >= 0.6 is 0 Å². The van der Waals surface area contributed by atoms with Gasteiger partial charge < -0.3 is 10.2 Å². The van der Waals surface area contributed by atoms with Gasteiger partial charge in [-0.1, -0.05) is 19.3 Å². The van der Waals surface area contributed by atoms with Crippen LogP contribution in [0.25, 0.3) is 0 Å². The second-order valence-corrected chi connectivity index (χ2v) is 4.80. The van der Waals surface area contributed by atoms with Gasteiger partial charge in [-0.05, 0) is 12.8 Å². The fourth-order valence-corrected chi connectivity index (χ4v) is 2.12. The molecule has 0 unspecified atom stereocenters. The molecule has 0 bridgehead atoms. The Labute approximate surface area is 107 Å². The number of hydrazine groups is 1. The summed E-state index contributed by atoms with van der Waals surface area (Å²) in [5.74, 6) is 6.94. The lowest BCUT2D eigenvalue weighted by Gasteiger charge is -2.23. The maximum atomic E-state index is 5.37. The van der Waals surface area contributed by atoms with Gasteiger partial charge in [0.2, 0.25) is 17.8 Å². The molecule has 7 nitrogen and oxygen atoms in total. The molecule has 0 saturated heterocycles. The molecule has 1 aromatic heterocycles. The van der Waals surface area contributed by atoms with Crippen molar-refractivity contribution in [3.8, 4) is 0 Å². The molecule has 1 aliphatic rings. The zero-order chi connectivity index (χ0) is 13.0. The van der Waals surface area contributed by atoms with Crippen LogP contribution in [0.5, 0.6) is 0 Å². The molecule has 4 N–H and O–H groups in total. The van der Waals surface area contributed by atoms with Crippen molar-refractivity contribution in [3.05, 3.63) is 0 Å². The number of aromatic nitrogens is 3. The van der Waals surface area contributed by atoms with Crippen molar-refractivity contribution >= 4 is 17.8 Å². The van der Waals surface area contributed by atoms with E-state index < -0.39 is 0 Å². The fraction of sp³-hybridized carbons (Fsp3) is 0.727. The van der Waals surface area contributed by atoms with E-state index in [1.54, 1.807) is 0 Å². The normalized spacial score (nSPS) is 16.4. The van der Waals surface area contributed by atoms with Crippen molar-refractivity contribution in [1.82, 2.24) is 15.0 Å². The summed E-state index contributed by atoms with van der Waals surface area (Å²) in [7, 11) is 3.78. The molecule has 1 heterocycles. The molecule has 0 amide bonds. The lowest BCUT2D eigenvalue weighted by atomic mass is 9.96. The van der Waals surface area contributed by atoms with Gasteiger partial charge in [0, 0.05) is 20.1 Å². The Morgan fingerprint density at radius 2 is 1.72 bits per heavy atom. The average Bonchev–Trinajstić information content (AvgIpc) is 2.39. The van der Waals surface area contributed by atoms with Crippen LogP contribution in [-0.2, 0) is 0 Å². The van der Waals surface area contributed by atoms with Crippen LogP contribution in [0.3, 0.4) is 0 Å². The first-order chi connectivity index (χ1) is 8.69. The molecule has 0 aliphatic heterocycles. The van der Waals surface area contributed by atoms with Crippen LogP contribution in [0.15, 0.2) is 0 Å². The summed E-state index contributed by atoms with van der Waals surface area (Å²) in [6.45, 7) is 0. The van der Waals surface area contributed by atoms with Crippen LogP contribution in [0.1, 0.15) is 32.1 Å². The Kier molecular flexibility index (Phi) is 4.14. The Balaban J connectivity index is 2.12. The van der Waals surface area contributed by atoms with Gasteiger partial charge in [0.25, 0.3) is 0 Å².